The number of halogens is 4. The highest BCUT2D eigenvalue weighted by atomic mass is 19.4. The van der Waals surface area contributed by atoms with Gasteiger partial charge in [0.1, 0.15) is 23.4 Å². The Bertz CT molecular complexity index is 974. The van der Waals surface area contributed by atoms with Crippen molar-refractivity contribution < 1.29 is 22.3 Å². The fourth-order valence-electron chi connectivity index (χ4n) is 3.18. The Kier molecular flexibility index (Phi) is 4.80. The van der Waals surface area contributed by atoms with Crippen LogP contribution in [0.1, 0.15) is 6.42 Å². The highest BCUT2D eigenvalue weighted by Gasteiger charge is 2.31. The fraction of sp³-hybridized carbons (Fsp3) is 0.333. The molecule has 28 heavy (non-hydrogen) atoms. The van der Waals surface area contributed by atoms with Crippen molar-refractivity contribution in [2.45, 2.75) is 25.0 Å². The number of fused-ring (bicyclic) bond motifs is 1. The van der Waals surface area contributed by atoms with Crippen molar-refractivity contribution in [2.24, 2.45) is 0 Å². The summed E-state index contributed by atoms with van der Waals surface area (Å²) in [6.07, 6.45) is -2.47. The molecule has 3 aromatic heterocycles. The fourth-order valence-corrected chi connectivity index (χ4v) is 3.18. The zero-order chi connectivity index (χ0) is 19.7. The van der Waals surface area contributed by atoms with Gasteiger partial charge in [-0.2, -0.15) is 0 Å². The van der Waals surface area contributed by atoms with Crippen molar-refractivity contribution in [3.8, 4) is 17.1 Å². The first-order valence-electron chi connectivity index (χ1n) is 8.71. The van der Waals surface area contributed by atoms with Gasteiger partial charge in [0, 0.05) is 6.54 Å². The molecule has 3 aromatic rings. The van der Waals surface area contributed by atoms with E-state index in [-0.39, 0.29) is 18.3 Å². The molecule has 4 heterocycles. The van der Waals surface area contributed by atoms with Crippen molar-refractivity contribution in [3.63, 3.8) is 0 Å². The van der Waals surface area contributed by atoms with Gasteiger partial charge in [0.15, 0.2) is 0 Å². The number of alkyl halides is 4. The molecule has 2 N–H and O–H groups in total. The molecule has 2 unspecified atom stereocenters. The van der Waals surface area contributed by atoms with Crippen molar-refractivity contribution in [1.82, 2.24) is 19.7 Å². The van der Waals surface area contributed by atoms with E-state index in [9.17, 15) is 17.6 Å². The van der Waals surface area contributed by atoms with Gasteiger partial charge in [-0.25, -0.2) is 14.4 Å². The van der Waals surface area contributed by atoms with Crippen LogP contribution in [-0.2, 0) is 0 Å². The van der Waals surface area contributed by atoms with Gasteiger partial charge in [-0.1, -0.05) is 6.07 Å². The molecule has 0 saturated carbocycles. The summed E-state index contributed by atoms with van der Waals surface area (Å²) in [4.78, 5) is 8.66. The smallest absolute Gasteiger partial charge is 0.404 e. The minimum Gasteiger partial charge on any atom is -0.404 e. The first kappa shape index (κ1) is 18.5. The van der Waals surface area contributed by atoms with Gasteiger partial charge in [-0.05, 0) is 37.2 Å². The van der Waals surface area contributed by atoms with Gasteiger partial charge in [0.05, 0.1) is 29.8 Å². The lowest BCUT2D eigenvalue weighted by molar-refractivity contribution is -0.274. The second-order valence-corrected chi connectivity index (χ2v) is 6.45. The van der Waals surface area contributed by atoms with Crippen molar-refractivity contribution in [2.75, 3.05) is 18.4 Å². The number of nitrogens with one attached hydrogen (secondary N) is 2. The molecule has 4 rings (SSSR count). The molecule has 0 radical (unpaired) electrons. The molecule has 1 aliphatic heterocycles. The standard InChI is InChI=1S/C18H17F4N5O/c19-12-8-23-7-6-13(12)25-16-3-1-2-14(26-16)15-9-24-17-5-4-11(10-27(15)17)28-18(20,21)22/h1-5,9-10,12-13,23H,6-8H2,(H,25,26). The molecule has 1 fully saturated rings. The van der Waals surface area contributed by atoms with Crippen LogP contribution in [0, 0.1) is 0 Å². The highest BCUT2D eigenvalue weighted by molar-refractivity contribution is 5.62. The topological polar surface area (TPSA) is 63.5 Å². The third kappa shape index (κ3) is 4.01. The number of rotatable bonds is 4. The number of anilines is 1. The van der Waals surface area contributed by atoms with E-state index in [0.29, 0.717) is 35.8 Å². The van der Waals surface area contributed by atoms with Crippen LogP contribution >= 0.6 is 0 Å². The second-order valence-electron chi connectivity index (χ2n) is 6.45. The number of hydrogen-bond donors (Lipinski definition) is 2. The molecule has 0 spiro atoms. The summed E-state index contributed by atoms with van der Waals surface area (Å²) >= 11 is 0. The summed E-state index contributed by atoms with van der Waals surface area (Å²) < 4.78 is 57.0. The van der Waals surface area contributed by atoms with Gasteiger partial charge >= 0.3 is 6.36 Å². The summed E-state index contributed by atoms with van der Waals surface area (Å²) in [7, 11) is 0. The average Bonchev–Trinajstić information content (AvgIpc) is 3.06. The summed E-state index contributed by atoms with van der Waals surface area (Å²) in [5.41, 5.74) is 1.44. The molecule has 0 aliphatic carbocycles. The average molecular weight is 395 g/mol. The first-order valence-corrected chi connectivity index (χ1v) is 8.71. The summed E-state index contributed by atoms with van der Waals surface area (Å²) in [6.45, 7) is 1.000. The Morgan fingerprint density at radius 3 is 2.86 bits per heavy atom. The lowest BCUT2D eigenvalue weighted by Gasteiger charge is -2.27. The normalized spacial score (nSPS) is 20.3. The summed E-state index contributed by atoms with van der Waals surface area (Å²) in [5, 5.41) is 6.08. The Labute approximate surface area is 157 Å². The molecule has 0 amide bonds. The zero-order valence-corrected chi connectivity index (χ0v) is 14.6. The van der Waals surface area contributed by atoms with E-state index >= 15 is 0 Å². The van der Waals surface area contributed by atoms with E-state index in [1.54, 1.807) is 18.2 Å². The number of imidazole rings is 1. The maximum Gasteiger partial charge on any atom is 0.573 e. The summed E-state index contributed by atoms with van der Waals surface area (Å²) in [6, 6.07) is 7.45. The Balaban J connectivity index is 1.63. The minimum atomic E-state index is -4.78. The van der Waals surface area contributed by atoms with Gasteiger partial charge in [0.2, 0.25) is 0 Å². The van der Waals surface area contributed by atoms with Crippen LogP contribution in [0.2, 0.25) is 0 Å². The number of piperidine rings is 1. The monoisotopic (exact) mass is 395 g/mol. The van der Waals surface area contributed by atoms with E-state index in [0.717, 1.165) is 0 Å². The van der Waals surface area contributed by atoms with Crippen molar-refractivity contribution in [1.29, 1.82) is 0 Å². The maximum absolute atomic E-state index is 14.0. The van der Waals surface area contributed by atoms with Crippen LogP contribution in [0.3, 0.4) is 0 Å². The van der Waals surface area contributed by atoms with Gasteiger partial charge in [-0.3, -0.25) is 4.40 Å². The second kappa shape index (κ2) is 7.27. The quantitative estimate of drug-likeness (QED) is 0.663. The lowest BCUT2D eigenvalue weighted by Crippen LogP contribution is -2.45. The number of hydrogen-bond acceptors (Lipinski definition) is 5. The van der Waals surface area contributed by atoms with Crippen LogP contribution in [0.5, 0.6) is 5.75 Å². The van der Waals surface area contributed by atoms with E-state index in [1.807, 2.05) is 0 Å². The predicted octanol–water partition coefficient (Wildman–Crippen LogP) is 3.41. The van der Waals surface area contributed by atoms with E-state index in [4.69, 9.17) is 0 Å². The van der Waals surface area contributed by atoms with E-state index in [2.05, 4.69) is 25.3 Å². The van der Waals surface area contributed by atoms with Gasteiger partial charge in [0.25, 0.3) is 0 Å². The third-order valence-corrected chi connectivity index (χ3v) is 4.46. The SMILES string of the molecule is FC1CNCCC1Nc1cccc(-c2cnc3ccc(OC(F)(F)F)cn23)n1. The lowest BCUT2D eigenvalue weighted by atomic mass is 10.1. The Hall–Kier alpha value is -2.88. The number of aromatic nitrogens is 3. The van der Waals surface area contributed by atoms with Crippen LogP contribution in [-0.4, -0.2) is 46.0 Å². The molecular formula is C18H17F4N5O. The summed E-state index contributed by atoms with van der Waals surface area (Å²) in [5.74, 6) is 0.133. The molecule has 0 bridgehead atoms. The maximum atomic E-state index is 14.0. The number of nitrogens with zero attached hydrogens (tertiary/aromatic N) is 3. The molecular weight excluding hydrogens is 378 g/mol. The van der Waals surface area contributed by atoms with Crippen LogP contribution < -0.4 is 15.4 Å². The molecule has 1 aliphatic rings. The third-order valence-electron chi connectivity index (χ3n) is 4.46. The molecule has 1 saturated heterocycles. The highest BCUT2D eigenvalue weighted by Crippen LogP contribution is 2.26. The zero-order valence-electron chi connectivity index (χ0n) is 14.6. The van der Waals surface area contributed by atoms with Crippen LogP contribution in [0.25, 0.3) is 17.0 Å². The van der Waals surface area contributed by atoms with Crippen LogP contribution in [0.15, 0.2) is 42.7 Å². The number of ether oxygens (including phenoxy) is 1. The van der Waals surface area contributed by atoms with Crippen molar-refractivity contribution in [3.05, 3.63) is 42.7 Å². The van der Waals surface area contributed by atoms with Crippen molar-refractivity contribution >= 4 is 11.5 Å². The minimum absolute atomic E-state index is 0.284. The predicted molar refractivity (Wildman–Crippen MR) is 94.9 cm³/mol. The largest absolute Gasteiger partial charge is 0.573 e. The van der Waals surface area contributed by atoms with E-state index in [1.165, 1.54) is 28.9 Å². The number of pyridine rings is 2. The Morgan fingerprint density at radius 2 is 2.07 bits per heavy atom. The van der Waals surface area contributed by atoms with E-state index < -0.39 is 12.5 Å². The van der Waals surface area contributed by atoms with Gasteiger partial charge < -0.3 is 15.4 Å². The molecule has 6 nitrogen and oxygen atoms in total. The van der Waals surface area contributed by atoms with Crippen LogP contribution in [0.4, 0.5) is 23.4 Å². The molecule has 2 atom stereocenters. The first-order chi connectivity index (χ1) is 13.4. The van der Waals surface area contributed by atoms with Gasteiger partial charge in [-0.15, -0.1) is 13.2 Å². The Morgan fingerprint density at radius 1 is 1.21 bits per heavy atom. The molecule has 0 aromatic carbocycles. The molecule has 10 heteroatoms. The molecule has 148 valence electrons.